The first-order chi connectivity index (χ1) is 9.99. The number of carbonyl (C=O) groups is 1. The van der Waals surface area contributed by atoms with E-state index in [0.29, 0.717) is 17.0 Å². The summed E-state index contributed by atoms with van der Waals surface area (Å²) in [4.78, 5) is 12.8. The number of hydrogen-bond donors (Lipinski definition) is 0. The zero-order chi connectivity index (χ0) is 15.6. The van der Waals surface area contributed by atoms with Gasteiger partial charge < -0.3 is 9.47 Å². The van der Waals surface area contributed by atoms with Crippen LogP contribution in [-0.2, 0) is 0 Å². The SMILES string of the molecule is COc1ccc(C(=O)c2c(OC)cnn2C(C)C)cc1C. The Balaban J connectivity index is 2.49. The molecule has 1 heterocycles. The first kappa shape index (κ1) is 15.1. The fourth-order valence-corrected chi connectivity index (χ4v) is 2.26. The van der Waals surface area contributed by atoms with Crippen molar-refractivity contribution < 1.29 is 14.3 Å². The van der Waals surface area contributed by atoms with Gasteiger partial charge in [-0.3, -0.25) is 9.48 Å². The molecule has 5 heteroatoms. The summed E-state index contributed by atoms with van der Waals surface area (Å²) in [6.45, 7) is 5.86. The van der Waals surface area contributed by atoms with E-state index in [0.717, 1.165) is 11.3 Å². The molecule has 2 aromatic rings. The molecule has 0 bridgehead atoms. The lowest BCUT2D eigenvalue weighted by Gasteiger charge is -2.12. The van der Waals surface area contributed by atoms with Gasteiger partial charge in [-0.2, -0.15) is 5.10 Å². The molecular formula is C16H20N2O3. The van der Waals surface area contributed by atoms with Crippen LogP contribution in [0.1, 0.15) is 41.5 Å². The average Bonchev–Trinajstić information content (AvgIpc) is 2.90. The van der Waals surface area contributed by atoms with E-state index < -0.39 is 0 Å². The van der Waals surface area contributed by atoms with Gasteiger partial charge in [-0.1, -0.05) is 0 Å². The van der Waals surface area contributed by atoms with E-state index in [1.165, 1.54) is 7.11 Å². The summed E-state index contributed by atoms with van der Waals surface area (Å²) in [5.41, 5.74) is 1.98. The van der Waals surface area contributed by atoms with Crippen LogP contribution in [0, 0.1) is 6.92 Å². The number of nitrogens with zero attached hydrogens (tertiary/aromatic N) is 2. The molecule has 0 aliphatic carbocycles. The van der Waals surface area contributed by atoms with E-state index in [1.54, 1.807) is 30.1 Å². The second kappa shape index (κ2) is 5.99. The summed E-state index contributed by atoms with van der Waals surface area (Å²) in [5.74, 6) is 1.14. The van der Waals surface area contributed by atoms with Crippen molar-refractivity contribution in [1.29, 1.82) is 0 Å². The summed E-state index contributed by atoms with van der Waals surface area (Å²) < 4.78 is 12.2. The number of carbonyl (C=O) groups excluding carboxylic acids is 1. The Morgan fingerprint density at radius 3 is 2.38 bits per heavy atom. The predicted octanol–water partition coefficient (Wildman–Crippen LogP) is 3.02. The minimum Gasteiger partial charge on any atom is -0.496 e. The molecule has 1 aromatic carbocycles. The third kappa shape index (κ3) is 2.77. The molecule has 112 valence electrons. The van der Waals surface area contributed by atoms with Crippen molar-refractivity contribution in [2.75, 3.05) is 14.2 Å². The molecule has 0 atom stereocenters. The normalized spacial score (nSPS) is 10.8. The highest BCUT2D eigenvalue weighted by molar-refractivity contribution is 6.09. The van der Waals surface area contributed by atoms with Gasteiger partial charge in [0.25, 0.3) is 0 Å². The van der Waals surface area contributed by atoms with Gasteiger partial charge in [0.15, 0.2) is 11.4 Å². The number of rotatable bonds is 5. The van der Waals surface area contributed by atoms with E-state index >= 15 is 0 Å². The maximum absolute atomic E-state index is 12.8. The van der Waals surface area contributed by atoms with Gasteiger partial charge in [-0.15, -0.1) is 0 Å². The van der Waals surface area contributed by atoms with E-state index in [4.69, 9.17) is 9.47 Å². The molecule has 0 saturated carbocycles. The topological polar surface area (TPSA) is 53.4 Å². The molecule has 1 aromatic heterocycles. The highest BCUT2D eigenvalue weighted by atomic mass is 16.5. The van der Waals surface area contributed by atoms with Crippen LogP contribution in [0.2, 0.25) is 0 Å². The highest BCUT2D eigenvalue weighted by Crippen LogP contribution is 2.26. The van der Waals surface area contributed by atoms with Gasteiger partial charge in [0, 0.05) is 11.6 Å². The van der Waals surface area contributed by atoms with Crippen molar-refractivity contribution in [2.45, 2.75) is 26.8 Å². The van der Waals surface area contributed by atoms with Crippen LogP contribution in [-0.4, -0.2) is 29.8 Å². The molecule has 5 nitrogen and oxygen atoms in total. The minimum atomic E-state index is -0.108. The first-order valence-corrected chi connectivity index (χ1v) is 6.80. The van der Waals surface area contributed by atoms with Crippen molar-refractivity contribution in [1.82, 2.24) is 9.78 Å². The van der Waals surface area contributed by atoms with Crippen LogP contribution >= 0.6 is 0 Å². The third-order valence-electron chi connectivity index (χ3n) is 3.34. The van der Waals surface area contributed by atoms with Crippen LogP contribution in [0.15, 0.2) is 24.4 Å². The second-order valence-electron chi connectivity index (χ2n) is 5.11. The number of ketones is 1. The number of ether oxygens (including phenoxy) is 2. The lowest BCUT2D eigenvalue weighted by atomic mass is 10.0. The molecule has 0 fully saturated rings. The largest absolute Gasteiger partial charge is 0.496 e. The minimum absolute atomic E-state index is 0.0761. The van der Waals surface area contributed by atoms with Crippen molar-refractivity contribution in [3.05, 3.63) is 41.2 Å². The maximum atomic E-state index is 12.8. The van der Waals surface area contributed by atoms with Gasteiger partial charge in [0.05, 0.1) is 20.4 Å². The lowest BCUT2D eigenvalue weighted by molar-refractivity contribution is 0.102. The molecule has 0 aliphatic rings. The number of methoxy groups -OCH3 is 2. The molecule has 21 heavy (non-hydrogen) atoms. The standard InChI is InChI=1S/C16H20N2O3/c1-10(2)18-15(14(21-5)9-17-18)16(19)12-6-7-13(20-4)11(3)8-12/h6-10H,1-5H3. The van der Waals surface area contributed by atoms with Crippen LogP contribution in [0.3, 0.4) is 0 Å². The summed E-state index contributed by atoms with van der Waals surface area (Å²) in [6.07, 6.45) is 1.57. The van der Waals surface area contributed by atoms with Gasteiger partial charge in [-0.25, -0.2) is 0 Å². The fraction of sp³-hybridized carbons (Fsp3) is 0.375. The Kier molecular flexibility index (Phi) is 4.31. The highest BCUT2D eigenvalue weighted by Gasteiger charge is 2.22. The van der Waals surface area contributed by atoms with Crippen LogP contribution in [0.5, 0.6) is 11.5 Å². The zero-order valence-corrected chi connectivity index (χ0v) is 13.0. The van der Waals surface area contributed by atoms with Crippen LogP contribution in [0.25, 0.3) is 0 Å². The molecule has 0 saturated heterocycles. The molecule has 0 N–H and O–H groups in total. The smallest absolute Gasteiger partial charge is 0.214 e. The van der Waals surface area contributed by atoms with E-state index in [1.807, 2.05) is 26.8 Å². The van der Waals surface area contributed by atoms with Crippen molar-refractivity contribution in [3.63, 3.8) is 0 Å². The Hall–Kier alpha value is -2.30. The zero-order valence-electron chi connectivity index (χ0n) is 13.0. The second-order valence-corrected chi connectivity index (χ2v) is 5.11. The Labute approximate surface area is 124 Å². The van der Waals surface area contributed by atoms with Gasteiger partial charge >= 0.3 is 0 Å². The molecule has 0 radical (unpaired) electrons. The van der Waals surface area contributed by atoms with Gasteiger partial charge in [-0.05, 0) is 44.5 Å². The van der Waals surface area contributed by atoms with Crippen molar-refractivity contribution in [2.24, 2.45) is 0 Å². The molecule has 0 amide bonds. The Morgan fingerprint density at radius 2 is 1.86 bits per heavy atom. The third-order valence-corrected chi connectivity index (χ3v) is 3.34. The van der Waals surface area contributed by atoms with Crippen molar-refractivity contribution >= 4 is 5.78 Å². The predicted molar refractivity (Wildman–Crippen MR) is 80.3 cm³/mol. The number of benzene rings is 1. The van der Waals surface area contributed by atoms with E-state index in [-0.39, 0.29) is 11.8 Å². The Morgan fingerprint density at radius 1 is 1.19 bits per heavy atom. The quantitative estimate of drug-likeness (QED) is 0.794. The first-order valence-electron chi connectivity index (χ1n) is 6.80. The van der Waals surface area contributed by atoms with Crippen molar-refractivity contribution in [3.8, 4) is 11.5 Å². The molecular weight excluding hydrogens is 268 g/mol. The number of hydrogen-bond acceptors (Lipinski definition) is 4. The molecule has 0 spiro atoms. The number of aromatic nitrogens is 2. The monoisotopic (exact) mass is 288 g/mol. The fourth-order valence-electron chi connectivity index (χ4n) is 2.26. The van der Waals surface area contributed by atoms with Crippen LogP contribution in [0.4, 0.5) is 0 Å². The maximum Gasteiger partial charge on any atom is 0.214 e. The summed E-state index contributed by atoms with van der Waals surface area (Å²) in [7, 11) is 3.15. The summed E-state index contributed by atoms with van der Waals surface area (Å²) in [6, 6.07) is 5.45. The summed E-state index contributed by atoms with van der Waals surface area (Å²) in [5, 5.41) is 4.24. The molecule has 2 rings (SSSR count). The van der Waals surface area contributed by atoms with Gasteiger partial charge in [0.2, 0.25) is 5.78 Å². The lowest BCUT2D eigenvalue weighted by Crippen LogP contribution is -2.14. The number of aryl methyl sites for hydroxylation is 1. The van der Waals surface area contributed by atoms with E-state index in [2.05, 4.69) is 5.10 Å². The Bertz CT molecular complexity index is 660. The molecule has 0 unspecified atom stereocenters. The van der Waals surface area contributed by atoms with Gasteiger partial charge in [0.1, 0.15) is 5.75 Å². The average molecular weight is 288 g/mol. The van der Waals surface area contributed by atoms with Crippen LogP contribution < -0.4 is 9.47 Å². The molecule has 0 aliphatic heterocycles. The van der Waals surface area contributed by atoms with E-state index in [9.17, 15) is 4.79 Å². The summed E-state index contributed by atoms with van der Waals surface area (Å²) >= 11 is 0.